The molecular weight excluding hydrogens is 458 g/mol. The molecule has 0 saturated carbocycles. The molecule has 0 bridgehead atoms. The van der Waals surface area contributed by atoms with Crippen molar-refractivity contribution in [2.75, 3.05) is 0 Å². The minimum atomic E-state index is -2.52. The Bertz CT molecular complexity index is 1400. The van der Waals surface area contributed by atoms with Gasteiger partial charge in [-0.05, 0) is 12.1 Å². The van der Waals surface area contributed by atoms with Crippen molar-refractivity contribution in [3.05, 3.63) is 81.4 Å². The second-order valence-electron chi connectivity index (χ2n) is 6.05. The van der Waals surface area contributed by atoms with Crippen LogP contribution in [0.3, 0.4) is 0 Å². The number of hydrogen-bond donors (Lipinski definition) is 0. The van der Waals surface area contributed by atoms with Crippen molar-refractivity contribution in [1.82, 2.24) is 0 Å². The van der Waals surface area contributed by atoms with Crippen molar-refractivity contribution in [2.24, 2.45) is 0 Å². The molecule has 0 atom stereocenters. The Balaban J connectivity index is 2.68. The van der Waals surface area contributed by atoms with Gasteiger partial charge in [0.15, 0.2) is 58.2 Å². The van der Waals surface area contributed by atoms with Gasteiger partial charge in [0.25, 0.3) is 0 Å². The van der Waals surface area contributed by atoms with Gasteiger partial charge >= 0.3 is 0 Å². The molecule has 2 nitrogen and oxygen atoms in total. The standard InChI is InChI=1S/C20H2F10N2/c21-9-1-5(13(23)19(29)16(9)26)11-7(3-31)8(4-32)15(25)18(28)12(11)6-2-10(22)17(27)20(30)14(6)24/h1-2H. The van der Waals surface area contributed by atoms with E-state index >= 15 is 0 Å². The topological polar surface area (TPSA) is 47.6 Å². The molecule has 0 radical (unpaired) electrons. The largest absolute Gasteiger partial charge is 0.204 e. The fraction of sp³-hybridized carbons (Fsp3) is 0. The molecule has 0 heterocycles. The van der Waals surface area contributed by atoms with E-state index in [-0.39, 0.29) is 12.1 Å². The Kier molecular flexibility index (Phi) is 5.58. The molecule has 0 saturated heterocycles. The van der Waals surface area contributed by atoms with E-state index in [0.29, 0.717) is 0 Å². The lowest BCUT2D eigenvalue weighted by Gasteiger charge is -2.17. The van der Waals surface area contributed by atoms with E-state index in [0.717, 1.165) is 12.1 Å². The minimum absolute atomic E-state index is 0.139. The van der Waals surface area contributed by atoms with Crippen LogP contribution in [0, 0.1) is 80.8 Å². The van der Waals surface area contributed by atoms with Crippen molar-refractivity contribution in [2.45, 2.75) is 0 Å². The van der Waals surface area contributed by atoms with Crippen molar-refractivity contribution in [1.29, 1.82) is 10.5 Å². The summed E-state index contributed by atoms with van der Waals surface area (Å²) in [4.78, 5) is 0. The first-order valence-corrected chi connectivity index (χ1v) is 7.99. The average Bonchev–Trinajstić information content (AvgIpc) is 2.77. The van der Waals surface area contributed by atoms with Gasteiger partial charge in [-0.1, -0.05) is 0 Å². The first-order chi connectivity index (χ1) is 15.0. The number of hydrogen-bond acceptors (Lipinski definition) is 2. The van der Waals surface area contributed by atoms with E-state index in [9.17, 15) is 49.2 Å². The zero-order chi connectivity index (χ0) is 24.1. The van der Waals surface area contributed by atoms with Gasteiger partial charge in [0, 0.05) is 22.3 Å². The van der Waals surface area contributed by atoms with Crippen LogP contribution in [0.1, 0.15) is 11.1 Å². The summed E-state index contributed by atoms with van der Waals surface area (Å²) in [6, 6.07) is 1.80. The molecule has 0 spiro atoms. The highest BCUT2D eigenvalue weighted by molar-refractivity contribution is 5.90. The summed E-state index contributed by atoms with van der Waals surface area (Å²) in [5.74, 6) is -23.1. The summed E-state index contributed by atoms with van der Waals surface area (Å²) in [5, 5.41) is 18.3. The molecule has 12 heteroatoms. The fourth-order valence-corrected chi connectivity index (χ4v) is 2.94. The van der Waals surface area contributed by atoms with Gasteiger partial charge in [-0.2, -0.15) is 10.5 Å². The first kappa shape index (κ1) is 22.6. The van der Waals surface area contributed by atoms with Gasteiger partial charge in [0.2, 0.25) is 0 Å². The van der Waals surface area contributed by atoms with Crippen LogP contribution >= 0.6 is 0 Å². The van der Waals surface area contributed by atoms with Gasteiger partial charge in [-0.15, -0.1) is 0 Å². The van der Waals surface area contributed by atoms with Crippen LogP contribution in [0.2, 0.25) is 0 Å². The summed E-state index contributed by atoms with van der Waals surface area (Å²) in [6.07, 6.45) is 0. The Labute approximate surface area is 171 Å². The van der Waals surface area contributed by atoms with E-state index in [1.165, 1.54) is 0 Å². The number of rotatable bonds is 2. The van der Waals surface area contributed by atoms with Gasteiger partial charge < -0.3 is 0 Å². The van der Waals surface area contributed by atoms with Crippen LogP contribution < -0.4 is 0 Å². The molecule has 0 amide bonds. The van der Waals surface area contributed by atoms with Crippen molar-refractivity contribution >= 4 is 0 Å². The van der Waals surface area contributed by atoms with E-state index < -0.39 is 91.6 Å². The Morgan fingerprint density at radius 3 is 1.25 bits per heavy atom. The minimum Gasteiger partial charge on any atom is -0.204 e. The van der Waals surface area contributed by atoms with E-state index in [1.807, 2.05) is 0 Å². The maximum atomic E-state index is 14.8. The highest BCUT2D eigenvalue weighted by Gasteiger charge is 2.33. The molecule has 0 aliphatic carbocycles. The van der Waals surface area contributed by atoms with Crippen LogP contribution in [0.4, 0.5) is 43.9 Å². The smallest absolute Gasteiger partial charge is 0.198 e. The molecule has 0 N–H and O–H groups in total. The van der Waals surface area contributed by atoms with Crippen LogP contribution in [0.15, 0.2) is 12.1 Å². The molecule has 3 aromatic rings. The van der Waals surface area contributed by atoms with Crippen LogP contribution in [-0.4, -0.2) is 0 Å². The van der Waals surface area contributed by atoms with E-state index in [2.05, 4.69) is 0 Å². The molecule has 3 rings (SSSR count). The third-order valence-corrected chi connectivity index (χ3v) is 4.35. The Morgan fingerprint density at radius 1 is 0.438 bits per heavy atom. The second kappa shape index (κ2) is 7.89. The predicted octanol–water partition coefficient (Wildman–Crippen LogP) is 6.15. The third kappa shape index (κ3) is 3.12. The third-order valence-electron chi connectivity index (χ3n) is 4.35. The van der Waals surface area contributed by atoms with Crippen molar-refractivity contribution in [3.8, 4) is 34.4 Å². The predicted molar refractivity (Wildman–Crippen MR) is 86.3 cm³/mol. The lowest BCUT2D eigenvalue weighted by atomic mass is 9.86. The quantitative estimate of drug-likeness (QED) is 0.262. The Morgan fingerprint density at radius 2 is 0.844 bits per heavy atom. The van der Waals surface area contributed by atoms with Gasteiger partial charge in [-0.25, -0.2) is 43.9 Å². The SMILES string of the molecule is N#Cc1c(F)c(F)c(-c2cc(F)c(F)c(F)c2F)c(-c2cc(F)c(F)c(F)c2F)c1C#N. The molecule has 162 valence electrons. The van der Waals surface area contributed by atoms with E-state index in [4.69, 9.17) is 5.26 Å². The normalized spacial score (nSPS) is 10.8. The van der Waals surface area contributed by atoms with Crippen molar-refractivity contribution in [3.63, 3.8) is 0 Å². The second-order valence-corrected chi connectivity index (χ2v) is 6.05. The average molecular weight is 460 g/mol. The van der Waals surface area contributed by atoms with Crippen LogP contribution in [-0.2, 0) is 0 Å². The number of benzene rings is 3. The zero-order valence-electron chi connectivity index (χ0n) is 14.8. The number of nitriles is 2. The molecule has 32 heavy (non-hydrogen) atoms. The summed E-state index contributed by atoms with van der Waals surface area (Å²) >= 11 is 0. The molecule has 0 aliphatic heterocycles. The molecule has 0 aromatic heterocycles. The van der Waals surface area contributed by atoms with Crippen LogP contribution in [0.25, 0.3) is 22.3 Å². The maximum absolute atomic E-state index is 14.8. The summed E-state index contributed by atoms with van der Waals surface area (Å²) in [6.45, 7) is 0. The summed E-state index contributed by atoms with van der Waals surface area (Å²) < 4.78 is 140. The highest BCUT2D eigenvalue weighted by atomic mass is 19.2. The molecule has 0 fully saturated rings. The van der Waals surface area contributed by atoms with Gasteiger partial charge in [0.1, 0.15) is 17.7 Å². The molecule has 0 unspecified atom stereocenters. The van der Waals surface area contributed by atoms with Crippen molar-refractivity contribution < 1.29 is 43.9 Å². The van der Waals surface area contributed by atoms with Gasteiger partial charge in [0.05, 0.1) is 5.56 Å². The first-order valence-electron chi connectivity index (χ1n) is 7.99. The zero-order valence-corrected chi connectivity index (χ0v) is 14.8. The monoisotopic (exact) mass is 460 g/mol. The summed E-state index contributed by atoms with van der Waals surface area (Å²) in [7, 11) is 0. The highest BCUT2D eigenvalue weighted by Crippen LogP contribution is 2.43. The fourth-order valence-electron chi connectivity index (χ4n) is 2.94. The van der Waals surface area contributed by atoms with Gasteiger partial charge in [-0.3, -0.25) is 0 Å². The molecular formula is C20H2F10N2. The summed E-state index contributed by atoms with van der Waals surface area (Å²) in [5.41, 5.74) is -9.06. The molecule has 0 aliphatic rings. The lowest BCUT2D eigenvalue weighted by molar-refractivity contribution is 0.409. The Hall–Kier alpha value is -4.06. The number of nitrogens with zero attached hydrogens (tertiary/aromatic N) is 2. The maximum Gasteiger partial charge on any atom is 0.198 e. The lowest BCUT2D eigenvalue weighted by Crippen LogP contribution is -2.08. The van der Waals surface area contributed by atoms with E-state index in [1.54, 1.807) is 0 Å². The number of halogens is 10. The van der Waals surface area contributed by atoms with Crippen LogP contribution in [0.5, 0.6) is 0 Å². The molecule has 3 aromatic carbocycles.